The fourth-order valence-corrected chi connectivity index (χ4v) is 3.01. The molecule has 3 nitrogen and oxygen atoms in total. The third-order valence-corrected chi connectivity index (χ3v) is 3.98. The Morgan fingerprint density at radius 1 is 1.19 bits per heavy atom. The molecule has 0 aromatic carbocycles. The minimum atomic E-state index is -0.317. The highest BCUT2D eigenvalue weighted by molar-refractivity contribution is 6.45. The van der Waals surface area contributed by atoms with Crippen LogP contribution in [0.25, 0.3) is 0 Å². The Bertz CT molecular complexity index is 207. The molecular weight excluding hydrogens is 201 g/mol. The fourth-order valence-electron chi connectivity index (χ4n) is 3.01. The van der Waals surface area contributed by atoms with Crippen molar-refractivity contribution in [2.75, 3.05) is 13.2 Å². The maximum atomic E-state index is 9.63. The van der Waals surface area contributed by atoms with Crippen molar-refractivity contribution in [1.29, 1.82) is 0 Å². The molecule has 0 radical (unpaired) electrons. The third kappa shape index (κ3) is 3.22. The van der Waals surface area contributed by atoms with Gasteiger partial charge in [-0.2, -0.15) is 0 Å². The molecule has 2 rings (SSSR count). The topological polar surface area (TPSA) is 32.7 Å². The van der Waals surface area contributed by atoms with E-state index in [1.807, 2.05) is 6.82 Å². The first-order valence-electron chi connectivity index (χ1n) is 6.83. The van der Waals surface area contributed by atoms with Gasteiger partial charge in [0, 0.05) is 6.04 Å². The summed E-state index contributed by atoms with van der Waals surface area (Å²) in [7, 11) is -0.317. The Morgan fingerprint density at radius 3 is 2.62 bits per heavy atom. The molecule has 1 saturated carbocycles. The lowest BCUT2D eigenvalue weighted by atomic mass is 9.84. The standard InChI is InChI=1S/C12H24BNO2/c1-13(15)14-9-5-6-11(14)10-16-12-7-3-2-4-8-12/h11-12,15H,2-10H2,1H3/t11-/m0/s1. The van der Waals surface area contributed by atoms with E-state index in [-0.39, 0.29) is 7.05 Å². The highest BCUT2D eigenvalue weighted by Gasteiger charge is 2.30. The number of hydrogen-bond donors (Lipinski definition) is 1. The van der Waals surface area contributed by atoms with Crippen molar-refractivity contribution >= 4 is 7.05 Å². The summed E-state index contributed by atoms with van der Waals surface area (Å²) >= 11 is 0. The molecule has 0 aromatic rings. The van der Waals surface area contributed by atoms with Crippen LogP contribution in [-0.4, -0.2) is 42.2 Å². The first kappa shape index (κ1) is 12.4. The summed E-state index contributed by atoms with van der Waals surface area (Å²) in [6, 6.07) is 0.446. The van der Waals surface area contributed by atoms with E-state index in [9.17, 15) is 5.02 Å². The number of nitrogens with zero attached hydrogens (tertiary/aromatic N) is 1. The van der Waals surface area contributed by atoms with E-state index in [0.29, 0.717) is 12.1 Å². The smallest absolute Gasteiger partial charge is 0.376 e. The van der Waals surface area contributed by atoms with E-state index < -0.39 is 0 Å². The molecule has 1 saturated heterocycles. The third-order valence-electron chi connectivity index (χ3n) is 3.98. The molecule has 1 aliphatic carbocycles. The fraction of sp³-hybridized carbons (Fsp3) is 1.00. The molecular formula is C12H24BNO2. The van der Waals surface area contributed by atoms with E-state index >= 15 is 0 Å². The number of rotatable bonds is 4. The van der Waals surface area contributed by atoms with Crippen LogP contribution in [0.4, 0.5) is 0 Å². The second kappa shape index (κ2) is 6.03. The number of ether oxygens (including phenoxy) is 1. The van der Waals surface area contributed by atoms with Crippen molar-refractivity contribution in [1.82, 2.24) is 4.81 Å². The Balaban J connectivity index is 1.71. The lowest BCUT2D eigenvalue weighted by Gasteiger charge is -2.28. The molecule has 1 aliphatic heterocycles. The predicted molar refractivity (Wildman–Crippen MR) is 66.4 cm³/mol. The summed E-state index contributed by atoms with van der Waals surface area (Å²) in [5, 5.41) is 9.63. The van der Waals surface area contributed by atoms with Gasteiger partial charge in [-0.15, -0.1) is 0 Å². The molecule has 4 heteroatoms. The zero-order valence-electron chi connectivity index (χ0n) is 10.4. The summed E-state index contributed by atoms with van der Waals surface area (Å²) in [5.74, 6) is 0. The first-order chi connectivity index (χ1) is 7.77. The van der Waals surface area contributed by atoms with Crippen molar-refractivity contribution in [3.05, 3.63) is 0 Å². The summed E-state index contributed by atoms with van der Waals surface area (Å²) < 4.78 is 5.99. The van der Waals surface area contributed by atoms with Crippen LogP contribution in [0.3, 0.4) is 0 Å². The predicted octanol–water partition coefficient (Wildman–Crippen LogP) is 1.91. The minimum Gasteiger partial charge on any atom is -0.437 e. The summed E-state index contributed by atoms with van der Waals surface area (Å²) in [5.41, 5.74) is 0. The van der Waals surface area contributed by atoms with Crippen molar-refractivity contribution in [2.45, 2.75) is 63.9 Å². The Hall–Kier alpha value is -0.0551. The number of hydrogen-bond acceptors (Lipinski definition) is 3. The van der Waals surface area contributed by atoms with Crippen LogP contribution in [-0.2, 0) is 4.74 Å². The second-order valence-electron chi connectivity index (χ2n) is 5.26. The quantitative estimate of drug-likeness (QED) is 0.742. The summed E-state index contributed by atoms with van der Waals surface area (Å²) in [4.78, 5) is 2.17. The van der Waals surface area contributed by atoms with Gasteiger partial charge in [0.1, 0.15) is 0 Å². The average Bonchev–Trinajstić information content (AvgIpc) is 2.76. The van der Waals surface area contributed by atoms with Crippen LogP contribution in [0.2, 0.25) is 6.82 Å². The van der Waals surface area contributed by atoms with Crippen molar-refractivity contribution in [3.63, 3.8) is 0 Å². The van der Waals surface area contributed by atoms with Crippen LogP contribution in [0, 0.1) is 0 Å². The van der Waals surface area contributed by atoms with E-state index in [1.54, 1.807) is 0 Å². The van der Waals surface area contributed by atoms with Crippen LogP contribution in [0.15, 0.2) is 0 Å². The van der Waals surface area contributed by atoms with Gasteiger partial charge in [0.2, 0.25) is 0 Å². The van der Waals surface area contributed by atoms with Gasteiger partial charge >= 0.3 is 7.05 Å². The molecule has 92 valence electrons. The molecule has 2 fully saturated rings. The molecule has 1 heterocycles. The maximum Gasteiger partial charge on any atom is 0.376 e. The second-order valence-corrected chi connectivity index (χ2v) is 5.26. The molecule has 0 unspecified atom stereocenters. The van der Waals surface area contributed by atoms with Crippen LogP contribution in [0.1, 0.15) is 44.9 Å². The first-order valence-corrected chi connectivity index (χ1v) is 6.83. The van der Waals surface area contributed by atoms with Gasteiger partial charge in [-0.3, -0.25) is 0 Å². The molecule has 1 atom stereocenters. The van der Waals surface area contributed by atoms with Crippen molar-refractivity contribution < 1.29 is 9.76 Å². The van der Waals surface area contributed by atoms with Crippen molar-refractivity contribution in [3.8, 4) is 0 Å². The molecule has 0 bridgehead atoms. The highest BCUT2D eigenvalue weighted by atomic mass is 16.5. The van der Waals surface area contributed by atoms with E-state index in [0.717, 1.165) is 13.2 Å². The van der Waals surface area contributed by atoms with E-state index in [4.69, 9.17) is 4.74 Å². The van der Waals surface area contributed by atoms with Gasteiger partial charge in [0.05, 0.1) is 12.7 Å². The van der Waals surface area contributed by atoms with Gasteiger partial charge in [0.15, 0.2) is 0 Å². The van der Waals surface area contributed by atoms with Gasteiger partial charge < -0.3 is 14.6 Å². The minimum absolute atomic E-state index is 0.317. The molecule has 0 amide bonds. The van der Waals surface area contributed by atoms with Crippen LogP contribution in [0.5, 0.6) is 0 Å². The highest BCUT2D eigenvalue weighted by Crippen LogP contribution is 2.23. The monoisotopic (exact) mass is 225 g/mol. The van der Waals surface area contributed by atoms with E-state index in [2.05, 4.69) is 4.81 Å². The van der Waals surface area contributed by atoms with Gasteiger partial charge in [0.25, 0.3) is 0 Å². The zero-order chi connectivity index (χ0) is 11.4. The van der Waals surface area contributed by atoms with Crippen LogP contribution >= 0.6 is 0 Å². The molecule has 1 N–H and O–H groups in total. The Labute approximate surface area is 99.3 Å². The molecule has 16 heavy (non-hydrogen) atoms. The van der Waals surface area contributed by atoms with Crippen molar-refractivity contribution in [2.24, 2.45) is 0 Å². The maximum absolute atomic E-state index is 9.63. The van der Waals surface area contributed by atoms with E-state index in [1.165, 1.54) is 44.9 Å². The van der Waals surface area contributed by atoms with Gasteiger partial charge in [-0.1, -0.05) is 19.3 Å². The Morgan fingerprint density at radius 2 is 1.94 bits per heavy atom. The summed E-state index contributed by atoms with van der Waals surface area (Å²) in [6.45, 7) is 3.70. The average molecular weight is 225 g/mol. The lowest BCUT2D eigenvalue weighted by Crippen LogP contribution is -2.43. The lowest BCUT2D eigenvalue weighted by molar-refractivity contribution is 0.00797. The van der Waals surface area contributed by atoms with Gasteiger partial charge in [-0.25, -0.2) is 0 Å². The molecule has 2 aliphatic rings. The summed E-state index contributed by atoms with van der Waals surface area (Å²) in [6.07, 6.45) is 9.38. The largest absolute Gasteiger partial charge is 0.437 e. The van der Waals surface area contributed by atoms with Gasteiger partial charge in [-0.05, 0) is 39.1 Å². The molecule has 0 spiro atoms. The SMILES string of the molecule is CB(O)N1CCC[C@H]1COC1CCCCC1. The molecule has 0 aromatic heterocycles. The Kier molecular flexibility index (Phi) is 4.68. The zero-order valence-corrected chi connectivity index (χ0v) is 10.4. The normalized spacial score (nSPS) is 28.5. The van der Waals surface area contributed by atoms with Crippen LogP contribution < -0.4 is 0 Å².